The molecular weight excluding hydrogens is 813 g/mol. The van der Waals surface area contributed by atoms with Gasteiger partial charge in [-0.25, -0.2) is 0 Å². The van der Waals surface area contributed by atoms with Crippen LogP contribution in [0.2, 0.25) is 18.1 Å². The Morgan fingerprint density at radius 3 is 1.64 bits per heavy atom. The molecule has 12 nitrogen and oxygen atoms in total. The summed E-state index contributed by atoms with van der Waals surface area (Å²) < 4.78 is 64.9. The van der Waals surface area contributed by atoms with E-state index in [1.165, 1.54) is 6.92 Å². The minimum atomic E-state index is -3.83. The quantitative estimate of drug-likeness (QED) is 0.0707. The Bertz CT molecular complexity index is 1750. The van der Waals surface area contributed by atoms with Crippen LogP contribution in [0.25, 0.3) is 0 Å². The number of esters is 1. The van der Waals surface area contributed by atoms with Crippen LogP contribution in [0.5, 0.6) is 5.75 Å². The number of ether oxygens (including phenoxy) is 5. The summed E-state index contributed by atoms with van der Waals surface area (Å²) in [5.41, 5.74) is 1.61. The van der Waals surface area contributed by atoms with Gasteiger partial charge in [0.05, 0.1) is 51.7 Å². The van der Waals surface area contributed by atoms with Gasteiger partial charge in [-0.3, -0.25) is 9.59 Å². The largest absolute Gasteiger partial charge is 0.679 e. The number of carbonyl (C=O) groups is 2. The van der Waals surface area contributed by atoms with E-state index in [1.54, 1.807) is 7.11 Å². The van der Waals surface area contributed by atoms with Gasteiger partial charge >= 0.3 is 15.0 Å². The number of hydrogen-bond acceptors (Lipinski definition) is 12. The monoisotopic (exact) mass is 882 g/mol. The fourth-order valence-electron chi connectivity index (χ4n) is 7.19. The van der Waals surface area contributed by atoms with Crippen LogP contribution in [0.3, 0.4) is 0 Å². The third kappa shape index (κ3) is 13.6. The van der Waals surface area contributed by atoms with Crippen LogP contribution in [0, 0.1) is 11.3 Å². The molecule has 6 atom stereocenters. The summed E-state index contributed by atoms with van der Waals surface area (Å²) in [5, 5.41) is -0.248. The molecule has 1 fully saturated rings. The zero-order chi connectivity index (χ0) is 44.8. The summed E-state index contributed by atoms with van der Waals surface area (Å²) in [7, 11) is -4.88. The van der Waals surface area contributed by atoms with Gasteiger partial charge < -0.3 is 45.8 Å². The molecule has 0 spiro atoms. The molecule has 0 aromatic heterocycles. The van der Waals surface area contributed by atoms with E-state index in [-0.39, 0.29) is 57.1 Å². The first-order chi connectivity index (χ1) is 28.9. The third-order valence-electron chi connectivity index (χ3n) is 11.5. The Morgan fingerprint density at radius 2 is 1.16 bits per heavy atom. The zero-order valence-electron chi connectivity index (χ0n) is 38.4. The predicted molar refractivity (Wildman–Crippen MR) is 238 cm³/mol. The molecule has 61 heavy (non-hydrogen) atoms. The molecule has 14 heteroatoms. The molecule has 1 aliphatic carbocycles. The molecule has 0 amide bonds. The number of methoxy groups -OCH3 is 1. The van der Waals surface area contributed by atoms with Crippen molar-refractivity contribution < 1.29 is 55.4 Å². The highest BCUT2D eigenvalue weighted by Crippen LogP contribution is 2.47. The van der Waals surface area contributed by atoms with Crippen LogP contribution in [0.4, 0.5) is 0 Å². The molecule has 0 saturated heterocycles. The molecule has 0 aliphatic heterocycles. The number of hydrogen-bond donors (Lipinski definition) is 0. The SMILES string of the molecule is CCO[Si](OCC)(OCC)OC[C@@H]1C(=O)[C@H](OCc2ccccc2)[C@H](O[Si](C)(C)C(C)(C)C)C(C)(C)[C@@H](OCc2ccc(OC)cc2)[C@@H](OCc2ccccc2)[C@H]1OC(C)=O. The van der Waals surface area contributed by atoms with Crippen LogP contribution in [-0.4, -0.2) is 93.2 Å². The van der Waals surface area contributed by atoms with E-state index in [2.05, 4.69) is 33.9 Å². The van der Waals surface area contributed by atoms with Crippen LogP contribution in [0.1, 0.15) is 79.0 Å². The van der Waals surface area contributed by atoms with Gasteiger partial charge in [0.15, 0.2) is 14.1 Å². The summed E-state index contributed by atoms with van der Waals surface area (Å²) in [4.78, 5) is 29.2. The fourth-order valence-corrected chi connectivity index (χ4v) is 10.6. The molecule has 0 heterocycles. The van der Waals surface area contributed by atoms with E-state index < -0.39 is 65.2 Å². The van der Waals surface area contributed by atoms with Crippen LogP contribution >= 0.6 is 0 Å². The maximum Gasteiger partial charge on any atom is 0.679 e. The second kappa shape index (κ2) is 22.9. The maximum absolute atomic E-state index is 15.8. The molecule has 4 rings (SSSR count). The Kier molecular flexibility index (Phi) is 18.9. The first-order valence-electron chi connectivity index (χ1n) is 21.4. The molecule has 1 saturated carbocycles. The van der Waals surface area contributed by atoms with Crippen LogP contribution < -0.4 is 4.74 Å². The second-order valence-corrected chi connectivity index (χ2v) is 24.3. The van der Waals surface area contributed by atoms with E-state index >= 15 is 4.79 Å². The van der Waals surface area contributed by atoms with E-state index in [0.29, 0.717) is 5.75 Å². The van der Waals surface area contributed by atoms with Crippen molar-refractivity contribution in [3.63, 3.8) is 0 Å². The normalized spacial score (nSPS) is 22.3. The Morgan fingerprint density at radius 1 is 0.672 bits per heavy atom. The smallest absolute Gasteiger partial charge is 0.497 e. The van der Waals surface area contributed by atoms with Crippen LogP contribution in [0.15, 0.2) is 84.9 Å². The highest BCUT2D eigenvalue weighted by atomic mass is 28.4. The second-order valence-electron chi connectivity index (χ2n) is 17.4. The Hall–Kier alpha value is -3.29. The van der Waals surface area contributed by atoms with E-state index in [0.717, 1.165) is 16.7 Å². The number of benzene rings is 3. The fraction of sp³-hybridized carbons (Fsp3) is 0.574. The lowest BCUT2D eigenvalue weighted by atomic mass is 9.69. The molecule has 0 radical (unpaired) electrons. The van der Waals surface area contributed by atoms with Gasteiger partial charge in [0.1, 0.15) is 24.1 Å². The first-order valence-corrected chi connectivity index (χ1v) is 26.0. The lowest BCUT2D eigenvalue weighted by molar-refractivity contribution is -0.229. The van der Waals surface area contributed by atoms with Gasteiger partial charge in [0.25, 0.3) is 0 Å². The number of carbonyl (C=O) groups excluding carboxylic acids is 2. The van der Waals surface area contributed by atoms with Crippen molar-refractivity contribution in [2.75, 3.05) is 33.5 Å². The zero-order valence-corrected chi connectivity index (χ0v) is 40.4. The molecule has 338 valence electrons. The highest BCUT2D eigenvalue weighted by Gasteiger charge is 2.60. The van der Waals surface area contributed by atoms with Gasteiger partial charge in [-0.15, -0.1) is 0 Å². The van der Waals surface area contributed by atoms with Crippen LogP contribution in [-0.2, 0) is 70.5 Å². The molecule has 0 unspecified atom stereocenters. The molecule has 3 aromatic carbocycles. The van der Waals surface area contributed by atoms with Crippen molar-refractivity contribution in [2.24, 2.45) is 11.3 Å². The van der Waals surface area contributed by atoms with Crippen molar-refractivity contribution in [1.29, 1.82) is 0 Å². The van der Waals surface area contributed by atoms with Crippen molar-refractivity contribution in [1.82, 2.24) is 0 Å². The van der Waals surface area contributed by atoms with Crippen molar-refractivity contribution in [3.8, 4) is 5.75 Å². The van der Waals surface area contributed by atoms with E-state index in [1.807, 2.05) is 120 Å². The average Bonchev–Trinajstić information content (AvgIpc) is 3.21. The maximum atomic E-state index is 15.8. The summed E-state index contributed by atoms with van der Waals surface area (Å²) >= 11 is 0. The standard InChI is InChI=1S/C47H70O12Si2/c1-13-54-61(55-14-2,56-15-3)57-33-39-40(49)42(51-30-35-22-18-16-19-23-35)45(59-60(11,12)46(5,6)7)47(8,9)44(53-32-37-26-28-38(50-10)29-27-37)43(41(39)58-34(4)48)52-31-36-24-20-17-21-25-36/h16-29,39,41-45H,13-15,30-33H2,1-12H3/t39-,41+,42+,43+,44+,45+/m1/s1. The molecule has 3 aromatic rings. The van der Waals surface area contributed by atoms with Gasteiger partial charge in [-0.2, -0.15) is 0 Å². The summed E-state index contributed by atoms with van der Waals surface area (Å²) in [6.07, 6.45) is -5.18. The average molecular weight is 883 g/mol. The molecule has 0 N–H and O–H groups in total. The lowest BCUT2D eigenvalue weighted by Gasteiger charge is -2.53. The Labute approximate surface area is 366 Å². The van der Waals surface area contributed by atoms with Crippen molar-refractivity contribution in [3.05, 3.63) is 102 Å². The topological polar surface area (TPSA) is 126 Å². The number of Topliss-reactive ketones (excluding diaryl/α,β-unsaturated/α-hetero) is 1. The molecule has 1 aliphatic rings. The predicted octanol–water partition coefficient (Wildman–Crippen LogP) is 8.86. The minimum absolute atomic E-state index is 0.108. The highest BCUT2D eigenvalue weighted by molar-refractivity contribution is 6.74. The molecular formula is C47H70O12Si2. The first kappa shape index (κ1) is 50.4. The number of ketones is 1. The van der Waals surface area contributed by atoms with Gasteiger partial charge in [0.2, 0.25) is 0 Å². The van der Waals surface area contributed by atoms with Gasteiger partial charge in [-0.1, -0.05) is 107 Å². The Balaban J connectivity index is 2.01. The summed E-state index contributed by atoms with van der Waals surface area (Å²) in [5.74, 6) is -1.47. The van der Waals surface area contributed by atoms with E-state index in [9.17, 15) is 4.79 Å². The minimum Gasteiger partial charge on any atom is -0.497 e. The summed E-state index contributed by atoms with van der Waals surface area (Å²) in [6.45, 7) is 22.4. The lowest BCUT2D eigenvalue weighted by Crippen LogP contribution is -2.67. The van der Waals surface area contributed by atoms with Crippen molar-refractivity contribution >= 4 is 29.1 Å². The van der Waals surface area contributed by atoms with Crippen molar-refractivity contribution in [2.45, 2.75) is 131 Å². The van der Waals surface area contributed by atoms with Gasteiger partial charge in [-0.05, 0) is 67.7 Å². The summed E-state index contributed by atoms with van der Waals surface area (Å²) in [6, 6.07) is 27.0. The molecule has 0 bridgehead atoms. The van der Waals surface area contributed by atoms with Gasteiger partial charge in [0, 0.05) is 32.2 Å². The third-order valence-corrected chi connectivity index (χ3v) is 18.4. The number of rotatable bonds is 22. The van der Waals surface area contributed by atoms with E-state index in [4.69, 9.17) is 45.8 Å².